The average molecular weight is 1210 g/mol. The van der Waals surface area contributed by atoms with Crippen LogP contribution in [0.4, 0.5) is 8.78 Å². The number of rotatable bonds is 32. The summed E-state index contributed by atoms with van der Waals surface area (Å²) in [7, 11) is -4.12. The summed E-state index contributed by atoms with van der Waals surface area (Å²) in [5.41, 5.74) is 4.88. The molecule has 2 saturated heterocycles. The molecule has 1 aliphatic carbocycles. The minimum Gasteiger partial charge on any atom is -0.379 e. The van der Waals surface area contributed by atoms with E-state index in [4.69, 9.17) is 29.7 Å². The smallest absolute Gasteiger partial charge is 0.379 e. The lowest BCUT2D eigenvalue weighted by Crippen LogP contribution is -2.57. The SMILES string of the molecule is CCCC[C@H](NC(=O)/C=C(\C)c1ccc(C(F)(F)P(=O)(O)O)cc1)C(=O)N1CC2C(C)C2[C@H]1C(=O)N[C@@H](CCC(N)=O)[C@@H](C)OCc1ccc(CCCNC(=O)COCCOCCCc2ccc3c(c2)n(C)c(=O)n3C2CCC(=O)NC2=O)cc1. The molecule has 22 nitrogen and oxygen atoms in total. The Morgan fingerprint density at radius 1 is 0.894 bits per heavy atom. The van der Waals surface area contributed by atoms with Gasteiger partial charge in [0.2, 0.25) is 41.4 Å². The van der Waals surface area contributed by atoms with Crippen molar-refractivity contribution in [1.29, 1.82) is 0 Å². The number of nitrogens with two attached hydrogens (primary N) is 1. The molecule has 0 spiro atoms. The number of imide groups is 1. The molecule has 7 amide bonds. The third kappa shape index (κ3) is 16.9. The van der Waals surface area contributed by atoms with Crippen molar-refractivity contribution in [3.05, 3.63) is 111 Å². The number of nitrogens with one attached hydrogen (secondary N) is 4. The fourth-order valence-electron chi connectivity index (χ4n) is 11.2. The zero-order valence-corrected chi connectivity index (χ0v) is 49.6. The Balaban J connectivity index is 0.809. The first-order valence-corrected chi connectivity index (χ1v) is 30.6. The number of imidazole rings is 1. The summed E-state index contributed by atoms with van der Waals surface area (Å²) in [5, 5.41) is 11.1. The number of hydrogen-bond donors (Lipinski definition) is 7. The number of aryl methyl sites for hydroxylation is 3. The predicted octanol–water partition coefficient (Wildman–Crippen LogP) is 4.79. The highest BCUT2D eigenvalue weighted by Gasteiger charge is 2.63. The second kappa shape index (κ2) is 29.4. The van der Waals surface area contributed by atoms with Crippen LogP contribution in [0.3, 0.4) is 0 Å². The van der Waals surface area contributed by atoms with Gasteiger partial charge >= 0.3 is 18.9 Å². The molecule has 462 valence electrons. The molecular weight excluding hydrogens is 1130 g/mol. The molecule has 3 heterocycles. The number of carbonyl (C=O) groups excluding carboxylic acids is 7. The van der Waals surface area contributed by atoms with E-state index in [2.05, 4.69) is 21.3 Å². The van der Waals surface area contributed by atoms with Gasteiger partial charge in [0.05, 0.1) is 43.0 Å². The molecule has 4 aromatic rings. The number of piperidine rings is 2. The van der Waals surface area contributed by atoms with E-state index in [0.29, 0.717) is 87.0 Å². The van der Waals surface area contributed by atoms with Crippen LogP contribution in [0.1, 0.15) is 119 Å². The van der Waals surface area contributed by atoms with E-state index in [-0.39, 0.29) is 87.2 Å². The summed E-state index contributed by atoms with van der Waals surface area (Å²) in [6.45, 7) is 9.17. The fraction of sp³-hybridized carbons (Fsp3) is 0.533. The first-order valence-electron chi connectivity index (χ1n) is 29.0. The maximum Gasteiger partial charge on any atom is 0.399 e. The van der Waals surface area contributed by atoms with Gasteiger partial charge in [0.1, 0.15) is 24.7 Å². The van der Waals surface area contributed by atoms with E-state index < -0.39 is 78.6 Å². The van der Waals surface area contributed by atoms with Gasteiger partial charge in [-0.25, -0.2) is 4.79 Å². The molecule has 3 aliphatic rings. The Kier molecular flexibility index (Phi) is 22.7. The summed E-state index contributed by atoms with van der Waals surface area (Å²) in [6, 6.07) is 14.4. The third-order valence-corrected chi connectivity index (χ3v) is 17.3. The number of allylic oxidation sites excluding steroid dienone is 1. The minimum absolute atomic E-state index is 0.0301. The molecule has 0 bridgehead atoms. The van der Waals surface area contributed by atoms with Crippen LogP contribution in [0.25, 0.3) is 16.6 Å². The van der Waals surface area contributed by atoms with Gasteiger partial charge in [-0.3, -0.25) is 52.6 Å². The van der Waals surface area contributed by atoms with Gasteiger partial charge in [0, 0.05) is 51.2 Å². The Bertz CT molecular complexity index is 3200. The summed E-state index contributed by atoms with van der Waals surface area (Å²) in [4.78, 5) is 124. The third-order valence-electron chi connectivity index (χ3n) is 16.3. The number of aromatic nitrogens is 2. The van der Waals surface area contributed by atoms with Crippen LogP contribution in [0.5, 0.6) is 0 Å². The minimum atomic E-state index is -5.78. The molecule has 2 aliphatic heterocycles. The molecule has 1 saturated carbocycles. The number of amides is 7. The van der Waals surface area contributed by atoms with Crippen molar-refractivity contribution < 1.29 is 70.9 Å². The topological polar surface area (TPSA) is 309 Å². The molecule has 3 aromatic carbocycles. The molecular formula is C60H79F2N8O14P. The molecule has 8 atom stereocenters. The van der Waals surface area contributed by atoms with Crippen molar-refractivity contribution in [3.8, 4) is 0 Å². The summed E-state index contributed by atoms with van der Waals surface area (Å²) in [5.74, 6) is -2.97. The van der Waals surface area contributed by atoms with Crippen molar-refractivity contribution in [2.75, 3.05) is 39.5 Å². The molecule has 4 unspecified atom stereocenters. The van der Waals surface area contributed by atoms with E-state index in [1.807, 2.05) is 56.3 Å². The van der Waals surface area contributed by atoms with Crippen molar-refractivity contribution >= 4 is 65.6 Å². The number of likely N-dealkylation sites (tertiary alicyclic amines) is 1. The number of hydrogen-bond acceptors (Lipinski definition) is 12. The van der Waals surface area contributed by atoms with E-state index in [0.717, 1.165) is 28.8 Å². The molecule has 3 fully saturated rings. The zero-order valence-electron chi connectivity index (χ0n) is 48.7. The van der Waals surface area contributed by atoms with Crippen LogP contribution >= 0.6 is 7.60 Å². The number of primary amides is 1. The van der Waals surface area contributed by atoms with Gasteiger partial charge in [0.15, 0.2) is 0 Å². The second-order valence-electron chi connectivity index (χ2n) is 22.4. The van der Waals surface area contributed by atoms with E-state index in [1.54, 1.807) is 20.9 Å². The maximum atomic E-state index is 14.4. The lowest BCUT2D eigenvalue weighted by Gasteiger charge is -2.33. The second-order valence-corrected chi connectivity index (χ2v) is 24.1. The van der Waals surface area contributed by atoms with Crippen LogP contribution in [-0.2, 0) is 84.5 Å². The monoisotopic (exact) mass is 1200 g/mol. The number of ether oxygens (including phenoxy) is 3. The van der Waals surface area contributed by atoms with E-state index >= 15 is 0 Å². The highest BCUT2D eigenvalue weighted by molar-refractivity contribution is 7.52. The highest BCUT2D eigenvalue weighted by atomic mass is 31.2. The molecule has 85 heavy (non-hydrogen) atoms. The summed E-state index contributed by atoms with van der Waals surface area (Å²) < 4.78 is 60.3. The number of fused-ring (bicyclic) bond motifs is 2. The van der Waals surface area contributed by atoms with Crippen LogP contribution in [0.2, 0.25) is 0 Å². The number of halogens is 2. The Labute approximate surface area is 492 Å². The van der Waals surface area contributed by atoms with Crippen LogP contribution in [-0.4, -0.2) is 129 Å². The predicted molar refractivity (Wildman–Crippen MR) is 310 cm³/mol. The molecule has 1 aromatic heterocycles. The normalized spacial score (nSPS) is 19.9. The van der Waals surface area contributed by atoms with Gasteiger partial charge in [-0.05, 0) is 117 Å². The van der Waals surface area contributed by atoms with E-state index in [9.17, 15) is 51.7 Å². The zero-order chi connectivity index (χ0) is 61.8. The number of alkyl halides is 2. The quantitative estimate of drug-likeness (QED) is 0.0150. The maximum absolute atomic E-state index is 14.4. The first-order chi connectivity index (χ1) is 40.4. The Hall–Kier alpha value is -6.95. The fourth-order valence-corrected chi connectivity index (χ4v) is 11.7. The van der Waals surface area contributed by atoms with Crippen LogP contribution < -0.4 is 32.7 Å². The molecule has 8 N–H and O–H groups in total. The van der Waals surface area contributed by atoms with Gasteiger partial charge in [-0.2, -0.15) is 8.78 Å². The van der Waals surface area contributed by atoms with Crippen molar-refractivity contribution in [2.24, 2.45) is 30.5 Å². The molecule has 25 heteroatoms. The van der Waals surface area contributed by atoms with Gasteiger partial charge in [0.25, 0.3) is 0 Å². The number of nitrogens with zero attached hydrogens (tertiary/aromatic N) is 3. The summed E-state index contributed by atoms with van der Waals surface area (Å²) in [6.07, 6.45) is 5.59. The Morgan fingerprint density at radius 2 is 1.58 bits per heavy atom. The highest BCUT2D eigenvalue weighted by Crippen LogP contribution is 2.59. The van der Waals surface area contributed by atoms with Crippen molar-refractivity contribution in [2.45, 2.75) is 141 Å². The largest absolute Gasteiger partial charge is 0.399 e. The van der Waals surface area contributed by atoms with Gasteiger partial charge < -0.3 is 50.6 Å². The van der Waals surface area contributed by atoms with Crippen LogP contribution in [0, 0.1) is 17.8 Å². The van der Waals surface area contributed by atoms with Gasteiger partial charge in [-0.1, -0.05) is 81.3 Å². The average Bonchev–Trinajstić information content (AvgIpc) is 1.66. The van der Waals surface area contributed by atoms with Crippen molar-refractivity contribution in [3.63, 3.8) is 0 Å². The first kappa shape index (κ1) is 65.6. The number of carbonyl (C=O) groups is 7. The lowest BCUT2D eigenvalue weighted by molar-refractivity contribution is -0.143. The number of unbranched alkanes of at least 4 members (excludes halogenated alkanes) is 1. The molecule has 0 radical (unpaired) electrons. The van der Waals surface area contributed by atoms with Crippen LogP contribution in [0.15, 0.2) is 77.6 Å². The van der Waals surface area contributed by atoms with Crippen molar-refractivity contribution in [1.82, 2.24) is 35.3 Å². The molecule has 7 rings (SSSR count). The van der Waals surface area contributed by atoms with Gasteiger partial charge in [-0.15, -0.1) is 0 Å². The van der Waals surface area contributed by atoms with E-state index in [1.165, 1.54) is 32.2 Å². The lowest BCUT2D eigenvalue weighted by atomic mass is 10.0. The Morgan fingerprint density at radius 3 is 2.26 bits per heavy atom. The standard InChI is InChI=1S/C60H79F2N8O14P/c1-6-7-12-46(65-52(73)31-36(2)42-18-20-43(21-19-42)60(61,62)85(79,80)81)58(77)69-33-44-37(3)54(44)55(69)57(76)66-45(22-25-50(63)71)38(4)84-34-41-15-13-39(14-16-41)10-8-27-64-53(74)35-83-30-29-82-28-9-11-40-17-23-47-49(32-40)68(5)59(78)70(47)48-24-26-51(72)67-56(48)75/h13-21,23,31-32,37-38,44-46,48,54-55H,6-12,22,24-30,33-35H2,1-5H3,(H2,63,71)(H,64,74)(H,65,73)(H,66,76)(H,67,72,75)(H2,79,80,81)/b36-31+/t37?,38-,44?,45+,46+,48?,54?,55+/m1/s1. The summed E-state index contributed by atoms with van der Waals surface area (Å²) >= 11 is 0. The number of benzene rings is 3.